The maximum atomic E-state index is 5.98. The van der Waals surface area contributed by atoms with E-state index in [1.165, 1.54) is 11.8 Å². The highest BCUT2D eigenvalue weighted by atomic mass is 35.5. The molecule has 0 unspecified atom stereocenters. The summed E-state index contributed by atoms with van der Waals surface area (Å²) in [7, 11) is 4.63. The van der Waals surface area contributed by atoms with E-state index in [0.717, 1.165) is 11.5 Å². The van der Waals surface area contributed by atoms with Crippen molar-refractivity contribution in [2.45, 2.75) is 11.0 Å². The van der Waals surface area contributed by atoms with Crippen LogP contribution < -0.4 is 14.2 Å². The first-order chi connectivity index (χ1) is 12.2. The lowest BCUT2D eigenvalue weighted by atomic mass is 10.2. The van der Waals surface area contributed by atoms with Gasteiger partial charge in [-0.3, -0.25) is 0 Å². The summed E-state index contributed by atoms with van der Waals surface area (Å²) < 4.78 is 26.0. The average molecular weight is 401 g/mol. The fourth-order valence-electron chi connectivity index (χ4n) is 2.00. The van der Waals surface area contributed by atoms with Crippen molar-refractivity contribution < 1.29 is 18.6 Å². The Morgan fingerprint density at radius 2 is 1.80 bits per heavy atom. The van der Waals surface area contributed by atoms with E-state index >= 15 is 0 Å². The molecule has 132 valence electrons. The predicted molar refractivity (Wildman–Crippen MR) is 93.9 cm³/mol. The molecule has 25 heavy (non-hydrogen) atoms. The van der Waals surface area contributed by atoms with E-state index in [1.807, 2.05) is 0 Å². The van der Waals surface area contributed by atoms with Crippen molar-refractivity contribution in [3.63, 3.8) is 0 Å². The number of ether oxygens (including phenoxy) is 3. The van der Waals surface area contributed by atoms with Crippen LogP contribution >= 0.6 is 34.9 Å². The lowest BCUT2D eigenvalue weighted by Gasteiger charge is -2.12. The molecule has 2 heterocycles. The number of hydrogen-bond donors (Lipinski definition) is 0. The first-order valence-electron chi connectivity index (χ1n) is 6.89. The largest absolute Gasteiger partial charge is 0.493 e. The third-order valence-corrected chi connectivity index (χ3v) is 4.97. The summed E-state index contributed by atoms with van der Waals surface area (Å²) in [6.45, 7) is 0. The zero-order valence-electron chi connectivity index (χ0n) is 13.5. The molecular formula is C14H13ClN4O4S2. The summed E-state index contributed by atoms with van der Waals surface area (Å²) in [6.07, 6.45) is 0. The van der Waals surface area contributed by atoms with Crippen molar-refractivity contribution in [2.75, 3.05) is 21.3 Å². The Kier molecular flexibility index (Phi) is 5.61. The quantitative estimate of drug-likeness (QED) is 0.551. The van der Waals surface area contributed by atoms with Gasteiger partial charge in [-0.2, -0.15) is 0 Å². The van der Waals surface area contributed by atoms with Crippen molar-refractivity contribution in [2.24, 2.45) is 0 Å². The van der Waals surface area contributed by atoms with Gasteiger partial charge >= 0.3 is 0 Å². The molecule has 0 atom stereocenters. The van der Waals surface area contributed by atoms with Gasteiger partial charge in [0.2, 0.25) is 11.6 Å². The monoisotopic (exact) mass is 400 g/mol. The highest BCUT2D eigenvalue weighted by molar-refractivity contribution is 7.98. The number of halogens is 1. The predicted octanol–water partition coefficient (Wildman–Crippen LogP) is 3.56. The molecule has 0 aliphatic heterocycles. The molecule has 8 nitrogen and oxygen atoms in total. The fraction of sp³-hybridized carbons (Fsp3) is 0.286. The number of rotatable bonds is 7. The van der Waals surface area contributed by atoms with E-state index in [1.54, 1.807) is 33.5 Å². The van der Waals surface area contributed by atoms with E-state index in [9.17, 15) is 0 Å². The normalized spacial score (nSPS) is 10.7. The van der Waals surface area contributed by atoms with Gasteiger partial charge in [-0.1, -0.05) is 27.9 Å². The van der Waals surface area contributed by atoms with E-state index in [0.29, 0.717) is 49.7 Å². The number of thioether (sulfide) groups is 1. The van der Waals surface area contributed by atoms with Gasteiger partial charge in [0.05, 0.1) is 21.3 Å². The second kappa shape index (κ2) is 7.89. The van der Waals surface area contributed by atoms with Gasteiger partial charge in [0.15, 0.2) is 11.5 Å². The molecule has 0 aliphatic carbocycles. The Bertz CT molecular complexity index is 845. The van der Waals surface area contributed by atoms with Crippen LogP contribution in [-0.4, -0.2) is 41.1 Å². The highest BCUT2D eigenvalue weighted by Gasteiger charge is 2.18. The van der Waals surface area contributed by atoms with Crippen LogP contribution in [0.15, 0.2) is 21.8 Å². The van der Waals surface area contributed by atoms with Gasteiger partial charge in [-0.25, -0.2) is 0 Å². The van der Waals surface area contributed by atoms with Gasteiger partial charge in [0, 0.05) is 22.8 Å². The van der Waals surface area contributed by atoms with Gasteiger partial charge in [0.1, 0.15) is 10.0 Å². The first kappa shape index (κ1) is 17.8. The smallest absolute Gasteiger partial charge is 0.277 e. The Balaban J connectivity index is 1.83. The molecule has 0 bridgehead atoms. The minimum Gasteiger partial charge on any atom is -0.493 e. The third-order valence-electron chi connectivity index (χ3n) is 3.16. The Labute approximate surface area is 156 Å². The molecular weight excluding hydrogens is 388 g/mol. The molecule has 0 fully saturated rings. The topological polar surface area (TPSA) is 92.4 Å². The minimum atomic E-state index is 0.337. The summed E-state index contributed by atoms with van der Waals surface area (Å²) in [4.78, 5) is 0. The number of nitrogens with zero attached hydrogens (tertiary/aromatic N) is 4. The van der Waals surface area contributed by atoms with Crippen molar-refractivity contribution in [1.82, 2.24) is 19.8 Å². The van der Waals surface area contributed by atoms with Crippen LogP contribution in [0.4, 0.5) is 0 Å². The maximum Gasteiger partial charge on any atom is 0.277 e. The number of aromatic nitrogens is 4. The number of methoxy groups -OCH3 is 3. The van der Waals surface area contributed by atoms with Crippen LogP contribution in [0, 0.1) is 0 Å². The zero-order chi connectivity index (χ0) is 17.8. The van der Waals surface area contributed by atoms with E-state index in [2.05, 4.69) is 19.8 Å². The van der Waals surface area contributed by atoms with Crippen LogP contribution in [0.1, 0.15) is 5.69 Å². The molecule has 0 amide bonds. The van der Waals surface area contributed by atoms with Crippen LogP contribution in [0.2, 0.25) is 4.34 Å². The summed E-state index contributed by atoms with van der Waals surface area (Å²) in [5.74, 6) is 2.33. The zero-order valence-corrected chi connectivity index (χ0v) is 15.9. The maximum absolute atomic E-state index is 5.98. The minimum absolute atomic E-state index is 0.337. The SMILES string of the molecule is COc1cc(-c2nnc(SCc3nnsc3Cl)o2)cc(OC)c1OC. The average Bonchev–Trinajstić information content (AvgIpc) is 3.27. The molecule has 2 aromatic heterocycles. The molecule has 3 aromatic rings. The Morgan fingerprint density at radius 3 is 2.36 bits per heavy atom. The number of benzene rings is 1. The van der Waals surface area contributed by atoms with Crippen LogP contribution in [0.3, 0.4) is 0 Å². The van der Waals surface area contributed by atoms with Crippen LogP contribution in [-0.2, 0) is 5.75 Å². The molecule has 1 aromatic carbocycles. The van der Waals surface area contributed by atoms with Crippen molar-refractivity contribution in [3.05, 3.63) is 22.2 Å². The van der Waals surface area contributed by atoms with Gasteiger partial charge < -0.3 is 18.6 Å². The Hall–Kier alpha value is -2.04. The molecule has 0 radical (unpaired) electrons. The van der Waals surface area contributed by atoms with E-state index < -0.39 is 0 Å². The van der Waals surface area contributed by atoms with Crippen LogP contribution in [0.5, 0.6) is 17.2 Å². The van der Waals surface area contributed by atoms with Gasteiger partial charge in [0.25, 0.3) is 5.22 Å². The lowest BCUT2D eigenvalue weighted by molar-refractivity contribution is 0.324. The van der Waals surface area contributed by atoms with Gasteiger partial charge in [-0.05, 0) is 12.1 Å². The molecule has 0 spiro atoms. The first-order valence-corrected chi connectivity index (χ1v) is 9.03. The molecule has 0 saturated heterocycles. The third kappa shape index (κ3) is 3.80. The molecule has 0 saturated carbocycles. The molecule has 0 aliphatic rings. The Morgan fingerprint density at radius 1 is 1.08 bits per heavy atom. The van der Waals surface area contributed by atoms with Crippen LogP contribution in [0.25, 0.3) is 11.5 Å². The molecule has 3 rings (SSSR count). The summed E-state index contributed by atoms with van der Waals surface area (Å²) in [5, 5.41) is 12.4. The van der Waals surface area contributed by atoms with Gasteiger partial charge in [-0.15, -0.1) is 15.3 Å². The lowest BCUT2D eigenvalue weighted by Crippen LogP contribution is -1.95. The summed E-state index contributed by atoms with van der Waals surface area (Å²) in [6, 6.07) is 3.48. The van der Waals surface area contributed by atoms with Crippen molar-refractivity contribution in [3.8, 4) is 28.7 Å². The van der Waals surface area contributed by atoms with Crippen molar-refractivity contribution >= 4 is 34.9 Å². The molecule has 0 N–H and O–H groups in total. The van der Waals surface area contributed by atoms with Crippen molar-refractivity contribution in [1.29, 1.82) is 0 Å². The second-order valence-corrected chi connectivity index (χ2v) is 6.85. The fourth-order valence-corrected chi connectivity index (χ4v) is 3.50. The number of hydrogen-bond acceptors (Lipinski definition) is 10. The van der Waals surface area contributed by atoms with E-state index in [-0.39, 0.29) is 0 Å². The second-order valence-electron chi connectivity index (χ2n) is 4.57. The highest BCUT2D eigenvalue weighted by Crippen LogP contribution is 2.41. The standard InChI is InChI=1S/C14H13ClN4O4S2/c1-20-9-4-7(5-10(21-2)11(9)22-3)13-17-18-14(23-13)24-6-8-12(15)25-19-16-8/h4-5H,6H2,1-3H3. The summed E-state index contributed by atoms with van der Waals surface area (Å²) in [5.41, 5.74) is 1.34. The van der Waals surface area contributed by atoms with E-state index in [4.69, 9.17) is 30.2 Å². The summed E-state index contributed by atoms with van der Waals surface area (Å²) >= 11 is 8.44. The molecule has 11 heteroatoms.